The number of rotatable bonds is 4. The summed E-state index contributed by atoms with van der Waals surface area (Å²) in [6.45, 7) is 0. The summed E-state index contributed by atoms with van der Waals surface area (Å²) in [5.41, 5.74) is 12.4. The van der Waals surface area contributed by atoms with Gasteiger partial charge in [0.25, 0.3) is 0 Å². The second-order valence-corrected chi connectivity index (χ2v) is 13.9. The first-order valence-corrected chi connectivity index (χ1v) is 18.3. The van der Waals surface area contributed by atoms with Crippen molar-refractivity contribution >= 4 is 65.4 Å². The molecule has 254 valence electrons. The Hall–Kier alpha value is -7.86. The Balaban J connectivity index is 1.25. The van der Waals surface area contributed by atoms with Crippen LogP contribution in [0.5, 0.6) is 0 Å². The van der Waals surface area contributed by atoms with Crippen LogP contribution in [-0.2, 0) is 0 Å². The van der Waals surface area contributed by atoms with Gasteiger partial charge in [0.1, 0.15) is 6.07 Å². The molecule has 0 atom stereocenters. The molecule has 0 aliphatic rings. The van der Waals surface area contributed by atoms with Crippen LogP contribution in [0, 0.1) is 22.7 Å². The topological polar surface area (TPSA) is 62.4 Å². The fourth-order valence-electron chi connectivity index (χ4n) is 8.90. The summed E-state index contributed by atoms with van der Waals surface area (Å²) < 4.78 is 6.94. The maximum Gasteiger partial charge on any atom is 0.101 e. The number of para-hydroxylation sites is 6. The predicted molar refractivity (Wildman–Crippen MR) is 224 cm³/mol. The van der Waals surface area contributed by atoms with Gasteiger partial charge < -0.3 is 13.7 Å². The molecule has 3 aromatic heterocycles. The van der Waals surface area contributed by atoms with Crippen molar-refractivity contribution in [2.75, 3.05) is 0 Å². The molecule has 0 N–H and O–H groups in total. The summed E-state index contributed by atoms with van der Waals surface area (Å²) in [5, 5.41) is 27.5. The predicted octanol–water partition coefficient (Wildman–Crippen LogP) is 12.4. The molecule has 3 heterocycles. The maximum absolute atomic E-state index is 10.4. The number of hydrogen-bond acceptors (Lipinski definition) is 2. The summed E-state index contributed by atoms with van der Waals surface area (Å²) in [6.07, 6.45) is 0. The summed E-state index contributed by atoms with van der Waals surface area (Å²) in [7, 11) is 0. The zero-order chi connectivity index (χ0) is 36.6. The van der Waals surface area contributed by atoms with Gasteiger partial charge in [0, 0.05) is 43.4 Å². The van der Waals surface area contributed by atoms with Gasteiger partial charge in [-0.15, -0.1) is 0 Å². The minimum absolute atomic E-state index is 0.573. The maximum atomic E-state index is 10.4. The van der Waals surface area contributed by atoms with Crippen LogP contribution >= 0.6 is 0 Å². The lowest BCUT2D eigenvalue weighted by atomic mass is 9.99. The van der Waals surface area contributed by atoms with E-state index in [4.69, 9.17) is 0 Å². The van der Waals surface area contributed by atoms with Gasteiger partial charge in [-0.1, -0.05) is 115 Å². The minimum Gasteiger partial charge on any atom is -0.309 e. The molecule has 0 saturated carbocycles. The molecule has 0 bridgehead atoms. The lowest BCUT2D eigenvalue weighted by molar-refractivity contribution is 1.15. The van der Waals surface area contributed by atoms with Crippen LogP contribution < -0.4 is 0 Å². The van der Waals surface area contributed by atoms with Crippen LogP contribution in [-0.4, -0.2) is 13.7 Å². The highest BCUT2D eigenvalue weighted by atomic mass is 15.0. The van der Waals surface area contributed by atoms with Crippen LogP contribution in [0.4, 0.5) is 0 Å². The van der Waals surface area contributed by atoms with Gasteiger partial charge in [-0.25, -0.2) is 0 Å². The zero-order valence-electron chi connectivity index (χ0n) is 29.5. The highest BCUT2D eigenvalue weighted by Gasteiger charge is 2.23. The molecular formula is C50H29N5. The smallest absolute Gasteiger partial charge is 0.101 e. The van der Waals surface area contributed by atoms with Crippen molar-refractivity contribution in [3.63, 3.8) is 0 Å². The van der Waals surface area contributed by atoms with E-state index in [1.807, 2.05) is 36.4 Å². The second kappa shape index (κ2) is 11.8. The molecule has 11 rings (SSSR count). The molecule has 0 unspecified atom stereocenters. The fourth-order valence-corrected chi connectivity index (χ4v) is 8.90. The largest absolute Gasteiger partial charge is 0.309 e. The van der Waals surface area contributed by atoms with Gasteiger partial charge in [-0.2, -0.15) is 10.5 Å². The van der Waals surface area contributed by atoms with Crippen molar-refractivity contribution in [2.45, 2.75) is 0 Å². The van der Waals surface area contributed by atoms with E-state index in [0.717, 1.165) is 82.8 Å². The Bertz CT molecular complexity index is 3420. The molecule has 0 saturated heterocycles. The van der Waals surface area contributed by atoms with Crippen molar-refractivity contribution in [3.8, 4) is 40.3 Å². The Kier molecular flexibility index (Phi) is 6.61. The van der Waals surface area contributed by atoms with Gasteiger partial charge in [0.05, 0.1) is 67.4 Å². The van der Waals surface area contributed by atoms with Gasteiger partial charge in [-0.05, 0) is 60.7 Å². The van der Waals surface area contributed by atoms with Crippen molar-refractivity contribution in [1.82, 2.24) is 13.7 Å². The Morgan fingerprint density at radius 1 is 0.345 bits per heavy atom. The van der Waals surface area contributed by atoms with Crippen LogP contribution in [0.25, 0.3) is 93.6 Å². The molecule has 0 aliphatic heterocycles. The van der Waals surface area contributed by atoms with E-state index >= 15 is 0 Å². The third-order valence-corrected chi connectivity index (χ3v) is 11.1. The standard InChI is InChI=1S/C50H29N5/c51-30-32-27-28-38(36-16-3-8-22-43(36)55-44-23-9-4-17-37(44)39-19-11-13-33(31-52)50(39)55)48(29-32)54-45-24-10-5-18-40(45)49-46(25-12-26-47(49)54)53-41-20-6-1-14-34(41)35-15-2-7-21-42(35)53/h1-29H. The summed E-state index contributed by atoms with van der Waals surface area (Å²) >= 11 is 0. The average Bonchev–Trinajstić information content (AvgIpc) is 3.89. The molecule has 5 heteroatoms. The van der Waals surface area contributed by atoms with Gasteiger partial charge >= 0.3 is 0 Å². The molecule has 11 aromatic rings. The van der Waals surface area contributed by atoms with E-state index in [1.165, 1.54) is 10.8 Å². The molecule has 0 radical (unpaired) electrons. The molecule has 0 fully saturated rings. The SMILES string of the molecule is N#Cc1ccc(-c2ccccc2-n2c3ccccc3c3cccc(C#N)c32)c(-n2c3ccccc3c3c(-n4c5ccccc5c5ccccc54)cccc32)c1. The molecule has 8 aromatic carbocycles. The van der Waals surface area contributed by atoms with Crippen molar-refractivity contribution in [2.24, 2.45) is 0 Å². The molecule has 55 heavy (non-hydrogen) atoms. The summed E-state index contributed by atoms with van der Waals surface area (Å²) in [6, 6.07) is 65.9. The van der Waals surface area contributed by atoms with E-state index in [-0.39, 0.29) is 0 Å². The minimum atomic E-state index is 0.573. The molecular weight excluding hydrogens is 671 g/mol. The van der Waals surface area contributed by atoms with Crippen LogP contribution in [0.1, 0.15) is 11.1 Å². The molecule has 0 aliphatic carbocycles. The van der Waals surface area contributed by atoms with E-state index in [2.05, 4.69) is 165 Å². The van der Waals surface area contributed by atoms with Crippen LogP contribution in [0.15, 0.2) is 176 Å². The highest BCUT2D eigenvalue weighted by Crippen LogP contribution is 2.43. The lowest BCUT2D eigenvalue weighted by Gasteiger charge is -2.19. The van der Waals surface area contributed by atoms with Gasteiger partial charge in [0.15, 0.2) is 0 Å². The van der Waals surface area contributed by atoms with E-state index in [0.29, 0.717) is 11.1 Å². The third-order valence-electron chi connectivity index (χ3n) is 11.1. The van der Waals surface area contributed by atoms with Crippen molar-refractivity contribution < 1.29 is 0 Å². The van der Waals surface area contributed by atoms with Crippen molar-refractivity contribution in [3.05, 3.63) is 187 Å². The normalized spacial score (nSPS) is 11.6. The Morgan fingerprint density at radius 3 is 1.53 bits per heavy atom. The first kappa shape index (κ1) is 30.7. The number of fused-ring (bicyclic) bond motifs is 9. The summed E-state index contributed by atoms with van der Waals surface area (Å²) in [5.74, 6) is 0. The van der Waals surface area contributed by atoms with E-state index < -0.39 is 0 Å². The molecule has 0 spiro atoms. The van der Waals surface area contributed by atoms with Crippen LogP contribution in [0.3, 0.4) is 0 Å². The fraction of sp³-hybridized carbons (Fsp3) is 0. The number of aromatic nitrogens is 3. The van der Waals surface area contributed by atoms with Gasteiger partial charge in [-0.3, -0.25) is 0 Å². The first-order valence-electron chi connectivity index (χ1n) is 18.3. The second-order valence-electron chi connectivity index (χ2n) is 13.9. The number of hydrogen-bond donors (Lipinski definition) is 0. The first-order chi connectivity index (χ1) is 27.2. The number of benzene rings is 8. The summed E-state index contributed by atoms with van der Waals surface area (Å²) in [4.78, 5) is 0. The van der Waals surface area contributed by atoms with E-state index in [9.17, 15) is 10.5 Å². The monoisotopic (exact) mass is 699 g/mol. The van der Waals surface area contributed by atoms with E-state index in [1.54, 1.807) is 0 Å². The number of nitrogens with zero attached hydrogens (tertiary/aromatic N) is 5. The van der Waals surface area contributed by atoms with Crippen molar-refractivity contribution in [1.29, 1.82) is 10.5 Å². The lowest BCUT2D eigenvalue weighted by Crippen LogP contribution is -2.02. The third kappa shape index (κ3) is 4.33. The quantitative estimate of drug-likeness (QED) is 0.184. The van der Waals surface area contributed by atoms with Crippen LogP contribution in [0.2, 0.25) is 0 Å². The number of nitriles is 2. The van der Waals surface area contributed by atoms with Gasteiger partial charge in [0.2, 0.25) is 0 Å². The average molecular weight is 700 g/mol. The molecule has 5 nitrogen and oxygen atoms in total. The Labute approximate surface area is 316 Å². The Morgan fingerprint density at radius 2 is 0.836 bits per heavy atom. The zero-order valence-corrected chi connectivity index (χ0v) is 29.5. The molecule has 0 amide bonds. The highest BCUT2D eigenvalue weighted by molar-refractivity contribution is 6.17.